The highest BCUT2D eigenvalue weighted by Crippen LogP contribution is 2.23. The highest BCUT2D eigenvalue weighted by atomic mass is 16.5. The van der Waals surface area contributed by atoms with Gasteiger partial charge in [0.25, 0.3) is 0 Å². The van der Waals surface area contributed by atoms with Gasteiger partial charge in [0.05, 0.1) is 7.11 Å². The van der Waals surface area contributed by atoms with Gasteiger partial charge in [0.1, 0.15) is 11.9 Å². The number of aliphatic hydroxyl groups is 1. The number of benzene rings is 1. The number of carbonyl (C=O) groups excluding carboxylic acids is 1. The first-order valence-corrected chi connectivity index (χ1v) is 6.43. The predicted octanol–water partition coefficient (Wildman–Crippen LogP) is 2.96. The molecule has 0 bridgehead atoms. The van der Waals surface area contributed by atoms with Crippen LogP contribution in [0, 0.1) is 13.8 Å². The van der Waals surface area contributed by atoms with Crippen molar-refractivity contribution in [3.63, 3.8) is 0 Å². The molecule has 1 aromatic carbocycles. The van der Waals surface area contributed by atoms with Gasteiger partial charge in [-0.2, -0.15) is 0 Å². The quantitative estimate of drug-likeness (QED) is 0.871. The van der Waals surface area contributed by atoms with Crippen LogP contribution in [-0.4, -0.2) is 18.2 Å². The van der Waals surface area contributed by atoms with E-state index in [4.69, 9.17) is 4.42 Å². The summed E-state index contributed by atoms with van der Waals surface area (Å²) in [5, 5.41) is 10.2. The van der Waals surface area contributed by atoms with Crippen molar-refractivity contribution in [2.24, 2.45) is 0 Å². The summed E-state index contributed by atoms with van der Waals surface area (Å²) in [6.07, 6.45) is -0.337. The van der Waals surface area contributed by atoms with Crippen LogP contribution < -0.4 is 0 Å². The second-order valence-corrected chi connectivity index (χ2v) is 4.84. The minimum Gasteiger partial charge on any atom is -0.463 e. The number of methoxy groups -OCH3 is 1. The van der Waals surface area contributed by atoms with Gasteiger partial charge in [-0.05, 0) is 37.1 Å². The fraction of sp³-hybridized carbons (Fsp3) is 0.312. The zero-order chi connectivity index (χ0) is 14.7. The molecule has 2 rings (SSSR count). The summed E-state index contributed by atoms with van der Waals surface area (Å²) in [6, 6.07) is 9.21. The fourth-order valence-electron chi connectivity index (χ4n) is 2.07. The van der Waals surface area contributed by atoms with E-state index in [1.165, 1.54) is 13.2 Å². The van der Waals surface area contributed by atoms with Crippen LogP contribution in [0.4, 0.5) is 0 Å². The number of aliphatic hydroxyl groups excluding tert-OH is 1. The summed E-state index contributed by atoms with van der Waals surface area (Å²) in [7, 11) is 1.29. The van der Waals surface area contributed by atoms with Gasteiger partial charge in [-0.15, -0.1) is 0 Å². The molecule has 1 aromatic heterocycles. The van der Waals surface area contributed by atoms with Gasteiger partial charge in [-0.3, -0.25) is 0 Å². The minimum absolute atomic E-state index is 0.0996. The Morgan fingerprint density at radius 1 is 1.30 bits per heavy atom. The monoisotopic (exact) mass is 274 g/mol. The van der Waals surface area contributed by atoms with Crippen molar-refractivity contribution < 1.29 is 19.1 Å². The number of carbonyl (C=O) groups is 1. The van der Waals surface area contributed by atoms with E-state index in [9.17, 15) is 9.90 Å². The number of hydrogen-bond donors (Lipinski definition) is 1. The molecule has 2 aromatic rings. The summed E-state index contributed by atoms with van der Waals surface area (Å²) in [4.78, 5) is 11.3. The van der Waals surface area contributed by atoms with Crippen LogP contribution in [0.15, 0.2) is 34.7 Å². The molecule has 1 N–H and O–H groups in total. The van der Waals surface area contributed by atoms with E-state index in [0.29, 0.717) is 12.2 Å². The number of esters is 1. The summed E-state index contributed by atoms with van der Waals surface area (Å²) >= 11 is 0. The zero-order valence-electron chi connectivity index (χ0n) is 11.8. The summed E-state index contributed by atoms with van der Waals surface area (Å²) in [6.45, 7) is 4.01. The molecule has 106 valence electrons. The van der Waals surface area contributed by atoms with Crippen LogP contribution in [0.3, 0.4) is 0 Å². The lowest BCUT2D eigenvalue weighted by Gasteiger charge is -2.11. The van der Waals surface area contributed by atoms with Gasteiger partial charge in [0.15, 0.2) is 0 Å². The third-order valence-corrected chi connectivity index (χ3v) is 3.26. The number of ether oxygens (including phenoxy) is 1. The van der Waals surface area contributed by atoms with Crippen LogP contribution in [0.25, 0.3) is 0 Å². The average molecular weight is 274 g/mol. The van der Waals surface area contributed by atoms with Gasteiger partial charge in [-0.25, -0.2) is 4.79 Å². The van der Waals surface area contributed by atoms with E-state index in [2.05, 4.69) is 4.74 Å². The predicted molar refractivity (Wildman–Crippen MR) is 74.6 cm³/mol. The first-order chi connectivity index (χ1) is 9.51. The lowest BCUT2D eigenvalue weighted by atomic mass is 9.99. The van der Waals surface area contributed by atoms with Gasteiger partial charge in [0, 0.05) is 6.42 Å². The van der Waals surface area contributed by atoms with E-state index in [0.717, 1.165) is 16.7 Å². The smallest absolute Gasteiger partial charge is 0.373 e. The lowest BCUT2D eigenvalue weighted by Crippen LogP contribution is -2.03. The van der Waals surface area contributed by atoms with Crippen molar-refractivity contribution in [1.29, 1.82) is 0 Å². The molecule has 0 saturated carbocycles. The summed E-state index contributed by atoms with van der Waals surface area (Å²) in [5.74, 6) is -0.0796. The van der Waals surface area contributed by atoms with E-state index < -0.39 is 12.1 Å². The van der Waals surface area contributed by atoms with Crippen LogP contribution in [-0.2, 0) is 11.2 Å². The average Bonchev–Trinajstić information content (AvgIpc) is 2.91. The first-order valence-electron chi connectivity index (χ1n) is 6.43. The van der Waals surface area contributed by atoms with E-state index >= 15 is 0 Å². The molecular formula is C16H18O4. The fourth-order valence-corrected chi connectivity index (χ4v) is 2.07. The molecule has 20 heavy (non-hydrogen) atoms. The second kappa shape index (κ2) is 5.92. The Hall–Kier alpha value is -2.07. The molecule has 4 nitrogen and oxygen atoms in total. The maximum absolute atomic E-state index is 11.3. The zero-order valence-corrected chi connectivity index (χ0v) is 11.8. The molecular weight excluding hydrogens is 256 g/mol. The Morgan fingerprint density at radius 2 is 2.05 bits per heavy atom. The molecule has 0 spiro atoms. The third kappa shape index (κ3) is 3.08. The SMILES string of the molecule is COC(=O)c1ccc(C(O)Cc2cc(C)ccc2C)o1. The maximum Gasteiger partial charge on any atom is 0.373 e. The normalized spacial score (nSPS) is 12.2. The van der Waals surface area contributed by atoms with E-state index in [-0.39, 0.29) is 5.76 Å². The second-order valence-electron chi connectivity index (χ2n) is 4.84. The Balaban J connectivity index is 2.15. The van der Waals surface area contributed by atoms with Gasteiger partial charge in [0.2, 0.25) is 5.76 Å². The number of hydrogen-bond acceptors (Lipinski definition) is 4. The van der Waals surface area contributed by atoms with Crippen molar-refractivity contribution in [3.05, 3.63) is 58.5 Å². The standard InChI is InChI=1S/C16H18O4/c1-10-4-5-11(2)12(8-10)9-13(17)14-6-7-15(20-14)16(18)19-3/h4-8,13,17H,9H2,1-3H3. The molecule has 0 aliphatic heterocycles. The molecule has 0 radical (unpaired) electrons. The van der Waals surface area contributed by atoms with Crippen LogP contribution in [0.1, 0.15) is 39.1 Å². The highest BCUT2D eigenvalue weighted by molar-refractivity contribution is 5.86. The third-order valence-electron chi connectivity index (χ3n) is 3.26. The maximum atomic E-state index is 11.3. The van der Waals surface area contributed by atoms with Gasteiger partial charge in [-0.1, -0.05) is 23.8 Å². The molecule has 1 heterocycles. The Labute approximate surface area is 118 Å². The van der Waals surface area contributed by atoms with E-state index in [1.54, 1.807) is 6.07 Å². The van der Waals surface area contributed by atoms with Crippen molar-refractivity contribution in [2.75, 3.05) is 7.11 Å². The van der Waals surface area contributed by atoms with Crippen molar-refractivity contribution in [1.82, 2.24) is 0 Å². The van der Waals surface area contributed by atoms with Crippen LogP contribution >= 0.6 is 0 Å². The summed E-state index contributed by atoms with van der Waals surface area (Å²) < 4.78 is 9.88. The number of furan rings is 1. The van der Waals surface area contributed by atoms with Crippen LogP contribution in [0.2, 0.25) is 0 Å². The lowest BCUT2D eigenvalue weighted by molar-refractivity contribution is 0.0555. The minimum atomic E-state index is -0.783. The molecule has 1 atom stereocenters. The van der Waals surface area contributed by atoms with Gasteiger partial charge >= 0.3 is 5.97 Å². The van der Waals surface area contributed by atoms with Crippen molar-refractivity contribution in [2.45, 2.75) is 26.4 Å². The van der Waals surface area contributed by atoms with Crippen LogP contribution in [0.5, 0.6) is 0 Å². The molecule has 1 unspecified atom stereocenters. The number of rotatable bonds is 4. The highest BCUT2D eigenvalue weighted by Gasteiger charge is 2.17. The van der Waals surface area contributed by atoms with Gasteiger partial charge < -0.3 is 14.3 Å². The largest absolute Gasteiger partial charge is 0.463 e. The molecule has 0 saturated heterocycles. The molecule has 0 amide bonds. The molecule has 0 fully saturated rings. The van der Waals surface area contributed by atoms with Crippen molar-refractivity contribution in [3.8, 4) is 0 Å². The first kappa shape index (κ1) is 14.3. The number of aryl methyl sites for hydroxylation is 2. The topological polar surface area (TPSA) is 59.7 Å². The molecule has 0 aliphatic carbocycles. The van der Waals surface area contributed by atoms with E-state index in [1.807, 2.05) is 32.0 Å². The Kier molecular flexibility index (Phi) is 4.25. The Morgan fingerprint density at radius 3 is 2.75 bits per heavy atom. The summed E-state index contributed by atoms with van der Waals surface area (Å²) in [5.41, 5.74) is 3.33. The molecule has 4 heteroatoms. The molecule has 0 aliphatic rings. The Bertz CT molecular complexity index is 613. The van der Waals surface area contributed by atoms with Crippen molar-refractivity contribution >= 4 is 5.97 Å².